The molecule has 2 aliphatic rings. The predicted molar refractivity (Wildman–Crippen MR) is 135 cm³/mol. The number of aryl methyl sites for hydroxylation is 1. The number of fused-ring (bicyclic) bond motifs is 2. The van der Waals surface area contributed by atoms with Crippen LogP contribution in [0.5, 0.6) is 0 Å². The van der Waals surface area contributed by atoms with Crippen LogP contribution in [0, 0.1) is 12.7 Å². The molecule has 1 aromatic heterocycles. The molecule has 3 aromatic carbocycles. The van der Waals surface area contributed by atoms with Gasteiger partial charge in [-0.25, -0.2) is 9.07 Å². The molecule has 172 valence electrons. The van der Waals surface area contributed by atoms with Crippen molar-refractivity contribution in [3.8, 4) is 5.69 Å². The van der Waals surface area contributed by atoms with E-state index < -0.39 is 0 Å². The maximum atomic E-state index is 13.7. The van der Waals surface area contributed by atoms with Crippen LogP contribution in [-0.4, -0.2) is 38.7 Å². The molecule has 4 nitrogen and oxygen atoms in total. The number of likely N-dealkylation sites (tertiary alicyclic amines) is 1. The average molecular weight is 453 g/mol. The van der Waals surface area contributed by atoms with Gasteiger partial charge in [0, 0.05) is 48.9 Å². The maximum Gasteiger partial charge on any atom is 0.125 e. The van der Waals surface area contributed by atoms with Crippen molar-refractivity contribution in [3.05, 3.63) is 102 Å². The summed E-state index contributed by atoms with van der Waals surface area (Å²) in [5.74, 6) is -0.250. The Hall–Kier alpha value is -3.44. The Bertz CT molecular complexity index is 1380. The lowest BCUT2D eigenvalue weighted by Gasteiger charge is -2.38. The molecule has 0 radical (unpaired) electrons. The fourth-order valence-corrected chi connectivity index (χ4v) is 5.59. The largest absolute Gasteiger partial charge is 0.364 e. The Kier molecular flexibility index (Phi) is 5.22. The summed E-state index contributed by atoms with van der Waals surface area (Å²) < 4.78 is 15.6. The van der Waals surface area contributed by atoms with E-state index >= 15 is 0 Å². The first-order valence-electron chi connectivity index (χ1n) is 12.1. The highest BCUT2D eigenvalue weighted by molar-refractivity contribution is 5.84. The monoisotopic (exact) mass is 452 g/mol. The number of aromatic nitrogens is 2. The van der Waals surface area contributed by atoms with Gasteiger partial charge in [-0.05, 0) is 61.2 Å². The zero-order chi connectivity index (χ0) is 23.2. The molecule has 5 heteroatoms. The first-order valence-corrected chi connectivity index (χ1v) is 12.1. The summed E-state index contributed by atoms with van der Waals surface area (Å²) in [7, 11) is 0. The molecule has 1 saturated heterocycles. The normalized spacial score (nSPS) is 17.0. The Balaban J connectivity index is 1.14. The molecule has 0 saturated carbocycles. The van der Waals surface area contributed by atoms with Gasteiger partial charge >= 0.3 is 0 Å². The Morgan fingerprint density at radius 1 is 1.00 bits per heavy atom. The van der Waals surface area contributed by atoms with Crippen LogP contribution in [0.2, 0.25) is 0 Å². The lowest BCUT2D eigenvalue weighted by molar-refractivity contribution is 0.143. The first kappa shape index (κ1) is 21.1. The van der Waals surface area contributed by atoms with E-state index in [4.69, 9.17) is 0 Å². The van der Waals surface area contributed by atoms with E-state index in [9.17, 15) is 4.39 Å². The van der Waals surface area contributed by atoms with E-state index in [2.05, 4.69) is 63.9 Å². The first-order chi connectivity index (χ1) is 16.6. The van der Waals surface area contributed by atoms with E-state index in [1.807, 2.05) is 17.7 Å². The van der Waals surface area contributed by atoms with Crippen LogP contribution >= 0.6 is 0 Å². The van der Waals surface area contributed by atoms with Crippen LogP contribution in [0.3, 0.4) is 0 Å². The molecule has 0 bridgehead atoms. The molecular weight excluding hydrogens is 423 g/mol. The Labute approximate surface area is 199 Å². The van der Waals surface area contributed by atoms with Gasteiger partial charge in [0.25, 0.3) is 0 Å². The zero-order valence-corrected chi connectivity index (χ0v) is 19.5. The highest BCUT2D eigenvalue weighted by atomic mass is 19.1. The van der Waals surface area contributed by atoms with Crippen LogP contribution in [0.25, 0.3) is 22.3 Å². The third-order valence-electron chi connectivity index (χ3n) is 7.40. The highest BCUT2D eigenvalue weighted by Crippen LogP contribution is 2.35. The quantitative estimate of drug-likeness (QED) is 0.384. The third kappa shape index (κ3) is 3.70. The SMILES string of the molecule is C=C1c2ccccc2CN1C1CCN(Cc2ccc3c(c2)c(C)nn3-c2cccc(F)c2)CC1. The van der Waals surface area contributed by atoms with E-state index in [-0.39, 0.29) is 5.82 Å². The summed E-state index contributed by atoms with van der Waals surface area (Å²) in [4.78, 5) is 5.06. The van der Waals surface area contributed by atoms with E-state index in [1.54, 1.807) is 6.07 Å². The van der Waals surface area contributed by atoms with Gasteiger partial charge in [-0.3, -0.25) is 4.90 Å². The third-order valence-corrected chi connectivity index (χ3v) is 7.40. The van der Waals surface area contributed by atoms with Gasteiger partial charge in [0.05, 0.1) is 16.9 Å². The summed E-state index contributed by atoms with van der Waals surface area (Å²) in [5, 5.41) is 5.82. The van der Waals surface area contributed by atoms with E-state index in [1.165, 1.54) is 34.5 Å². The molecule has 2 aliphatic heterocycles. The smallest absolute Gasteiger partial charge is 0.125 e. The molecule has 0 spiro atoms. The van der Waals surface area contributed by atoms with Crippen molar-refractivity contribution >= 4 is 16.6 Å². The Morgan fingerprint density at radius 3 is 2.62 bits per heavy atom. The van der Waals surface area contributed by atoms with Gasteiger partial charge in [-0.1, -0.05) is 43.0 Å². The number of hydrogen-bond donors (Lipinski definition) is 0. The van der Waals surface area contributed by atoms with Gasteiger partial charge in [0.2, 0.25) is 0 Å². The number of rotatable bonds is 4. The Morgan fingerprint density at radius 2 is 1.82 bits per heavy atom. The highest BCUT2D eigenvalue weighted by Gasteiger charge is 2.30. The molecule has 1 fully saturated rings. The van der Waals surface area contributed by atoms with Crippen LogP contribution < -0.4 is 0 Å². The summed E-state index contributed by atoms with van der Waals surface area (Å²) >= 11 is 0. The second-order valence-corrected chi connectivity index (χ2v) is 9.57. The van der Waals surface area contributed by atoms with Gasteiger partial charge in [-0.15, -0.1) is 0 Å². The van der Waals surface area contributed by atoms with Crippen molar-refractivity contribution in [1.29, 1.82) is 0 Å². The molecule has 0 unspecified atom stereocenters. The van der Waals surface area contributed by atoms with Crippen LogP contribution in [-0.2, 0) is 13.1 Å². The second-order valence-electron chi connectivity index (χ2n) is 9.57. The predicted octanol–water partition coefficient (Wildman–Crippen LogP) is 5.92. The van der Waals surface area contributed by atoms with Crippen molar-refractivity contribution in [3.63, 3.8) is 0 Å². The summed E-state index contributed by atoms with van der Waals surface area (Å²) in [5.41, 5.74) is 7.92. The minimum atomic E-state index is -0.250. The zero-order valence-electron chi connectivity index (χ0n) is 19.5. The fraction of sp³-hybridized carbons (Fsp3) is 0.276. The van der Waals surface area contributed by atoms with Crippen molar-refractivity contribution in [2.24, 2.45) is 0 Å². The van der Waals surface area contributed by atoms with E-state index in [0.717, 1.165) is 61.3 Å². The molecule has 3 heterocycles. The fourth-order valence-electron chi connectivity index (χ4n) is 5.59. The summed E-state index contributed by atoms with van der Waals surface area (Å²) in [6.07, 6.45) is 2.32. The number of benzene rings is 3. The lowest BCUT2D eigenvalue weighted by Crippen LogP contribution is -2.42. The molecular formula is C29H29FN4. The number of nitrogens with zero attached hydrogens (tertiary/aromatic N) is 4. The van der Waals surface area contributed by atoms with Crippen LogP contribution in [0.1, 0.15) is 35.2 Å². The molecule has 0 atom stereocenters. The second kappa shape index (κ2) is 8.41. The minimum absolute atomic E-state index is 0.250. The number of piperidine rings is 1. The van der Waals surface area contributed by atoms with Crippen molar-refractivity contribution in [2.75, 3.05) is 13.1 Å². The number of halogens is 1. The maximum absolute atomic E-state index is 13.7. The molecule has 4 aromatic rings. The topological polar surface area (TPSA) is 24.3 Å². The summed E-state index contributed by atoms with van der Waals surface area (Å²) in [6, 6.07) is 22.4. The molecule has 0 N–H and O–H groups in total. The van der Waals surface area contributed by atoms with Gasteiger partial charge < -0.3 is 4.90 Å². The molecule has 0 aliphatic carbocycles. The number of hydrogen-bond acceptors (Lipinski definition) is 3. The van der Waals surface area contributed by atoms with Gasteiger partial charge in [0.1, 0.15) is 5.82 Å². The average Bonchev–Trinajstić information content (AvgIpc) is 3.37. The standard InChI is InChI=1S/C29H29FN4/c1-20-28-16-22(10-11-29(28)34(31-20)26-8-5-7-24(30)17-26)18-32-14-12-25(13-15-32)33-19-23-6-3-4-9-27(23)21(33)2/h3-11,16-17,25H,2,12-15,18-19H2,1H3. The van der Waals surface area contributed by atoms with Crippen molar-refractivity contribution in [2.45, 2.75) is 38.9 Å². The lowest BCUT2D eigenvalue weighted by atomic mass is 10.0. The van der Waals surface area contributed by atoms with Crippen LogP contribution in [0.4, 0.5) is 4.39 Å². The van der Waals surface area contributed by atoms with Gasteiger partial charge in [-0.2, -0.15) is 5.10 Å². The van der Waals surface area contributed by atoms with Crippen LogP contribution in [0.15, 0.2) is 73.3 Å². The molecule has 0 amide bonds. The van der Waals surface area contributed by atoms with Gasteiger partial charge in [0.15, 0.2) is 0 Å². The van der Waals surface area contributed by atoms with E-state index in [0.29, 0.717) is 6.04 Å². The van der Waals surface area contributed by atoms with Crippen molar-refractivity contribution in [1.82, 2.24) is 19.6 Å². The molecule has 6 rings (SSSR count). The van der Waals surface area contributed by atoms with Crippen molar-refractivity contribution < 1.29 is 4.39 Å². The summed E-state index contributed by atoms with van der Waals surface area (Å²) in [6.45, 7) is 10.5. The minimum Gasteiger partial charge on any atom is -0.364 e. The molecule has 34 heavy (non-hydrogen) atoms.